The lowest BCUT2D eigenvalue weighted by Gasteiger charge is -2.41. The van der Waals surface area contributed by atoms with Crippen molar-refractivity contribution in [3.63, 3.8) is 0 Å². The SMILES string of the molecule is CC1CCC(C)C(O)(c2cc(F)cc(F)c2)C1. The van der Waals surface area contributed by atoms with Crippen LogP contribution in [-0.2, 0) is 5.60 Å². The second kappa shape index (κ2) is 4.37. The standard InChI is InChI=1S/C14H18F2O/c1-9-3-4-10(2)14(17,8-9)11-5-12(15)7-13(16)6-11/h5-7,9-10,17H,3-4,8H2,1-2H3. The Balaban J connectivity index is 2.41. The number of hydrogen-bond donors (Lipinski definition) is 1. The molecule has 1 aliphatic carbocycles. The van der Waals surface area contributed by atoms with E-state index in [4.69, 9.17) is 0 Å². The van der Waals surface area contributed by atoms with Crippen LogP contribution in [0.2, 0.25) is 0 Å². The van der Waals surface area contributed by atoms with Gasteiger partial charge in [-0.3, -0.25) is 0 Å². The van der Waals surface area contributed by atoms with Crippen molar-refractivity contribution in [2.75, 3.05) is 0 Å². The summed E-state index contributed by atoms with van der Waals surface area (Å²) in [5, 5.41) is 10.7. The summed E-state index contributed by atoms with van der Waals surface area (Å²) in [6.07, 6.45) is 2.51. The highest BCUT2D eigenvalue weighted by Gasteiger charge is 2.40. The van der Waals surface area contributed by atoms with Gasteiger partial charge in [0.25, 0.3) is 0 Å². The molecule has 1 aromatic rings. The Morgan fingerprint density at radius 2 is 1.71 bits per heavy atom. The van der Waals surface area contributed by atoms with Gasteiger partial charge in [-0.1, -0.05) is 20.3 Å². The molecule has 0 heterocycles. The summed E-state index contributed by atoms with van der Waals surface area (Å²) in [5.74, 6) is -0.847. The molecule has 1 saturated carbocycles. The number of halogens is 2. The summed E-state index contributed by atoms with van der Waals surface area (Å²) in [4.78, 5) is 0. The Morgan fingerprint density at radius 3 is 2.29 bits per heavy atom. The predicted octanol–water partition coefficient (Wildman–Crippen LogP) is 3.61. The Labute approximate surface area is 100 Å². The van der Waals surface area contributed by atoms with Crippen molar-refractivity contribution < 1.29 is 13.9 Å². The van der Waals surface area contributed by atoms with Crippen LogP contribution in [0, 0.1) is 23.5 Å². The van der Waals surface area contributed by atoms with E-state index in [1.165, 1.54) is 12.1 Å². The van der Waals surface area contributed by atoms with E-state index >= 15 is 0 Å². The molecule has 0 radical (unpaired) electrons. The maximum absolute atomic E-state index is 13.2. The van der Waals surface area contributed by atoms with E-state index < -0.39 is 17.2 Å². The van der Waals surface area contributed by atoms with Crippen LogP contribution >= 0.6 is 0 Å². The molecule has 0 aromatic heterocycles. The number of benzene rings is 1. The minimum absolute atomic E-state index is 0.0277. The van der Waals surface area contributed by atoms with Crippen LogP contribution in [0.5, 0.6) is 0 Å². The summed E-state index contributed by atoms with van der Waals surface area (Å²) in [7, 11) is 0. The minimum atomic E-state index is -1.10. The molecule has 0 bridgehead atoms. The zero-order valence-electron chi connectivity index (χ0n) is 10.2. The average molecular weight is 240 g/mol. The molecule has 0 amide bonds. The summed E-state index contributed by atoms with van der Waals surface area (Å²) in [6, 6.07) is 3.33. The lowest BCUT2D eigenvalue weighted by molar-refractivity contribution is -0.0631. The van der Waals surface area contributed by atoms with E-state index in [-0.39, 0.29) is 5.92 Å². The van der Waals surface area contributed by atoms with Gasteiger partial charge in [-0.25, -0.2) is 8.78 Å². The predicted molar refractivity (Wildman–Crippen MR) is 62.4 cm³/mol. The van der Waals surface area contributed by atoms with Gasteiger partial charge in [0.15, 0.2) is 0 Å². The van der Waals surface area contributed by atoms with Gasteiger partial charge in [-0.05, 0) is 42.4 Å². The van der Waals surface area contributed by atoms with Gasteiger partial charge in [-0.2, -0.15) is 0 Å². The summed E-state index contributed by atoms with van der Waals surface area (Å²) < 4.78 is 26.5. The van der Waals surface area contributed by atoms with Crippen molar-refractivity contribution in [1.82, 2.24) is 0 Å². The van der Waals surface area contributed by atoms with Gasteiger partial charge in [-0.15, -0.1) is 0 Å². The molecule has 3 heteroatoms. The summed E-state index contributed by atoms with van der Waals surface area (Å²) in [5.41, 5.74) is -0.727. The minimum Gasteiger partial charge on any atom is -0.385 e. The van der Waals surface area contributed by atoms with Crippen molar-refractivity contribution in [2.24, 2.45) is 11.8 Å². The molecule has 0 aliphatic heterocycles. The van der Waals surface area contributed by atoms with Gasteiger partial charge in [0.05, 0.1) is 5.60 Å². The molecule has 1 aromatic carbocycles. The molecule has 3 unspecified atom stereocenters. The van der Waals surface area contributed by atoms with E-state index in [9.17, 15) is 13.9 Å². The van der Waals surface area contributed by atoms with Gasteiger partial charge >= 0.3 is 0 Å². The smallest absolute Gasteiger partial charge is 0.126 e. The summed E-state index contributed by atoms with van der Waals surface area (Å²) in [6.45, 7) is 4.00. The third-order valence-corrected chi connectivity index (χ3v) is 3.93. The van der Waals surface area contributed by atoms with Crippen molar-refractivity contribution in [2.45, 2.75) is 38.7 Å². The Hall–Kier alpha value is -0.960. The second-order valence-electron chi connectivity index (χ2n) is 5.37. The monoisotopic (exact) mass is 240 g/mol. The molecular weight excluding hydrogens is 222 g/mol. The largest absolute Gasteiger partial charge is 0.385 e. The van der Waals surface area contributed by atoms with Crippen LogP contribution in [0.3, 0.4) is 0 Å². The molecular formula is C14H18F2O. The number of rotatable bonds is 1. The topological polar surface area (TPSA) is 20.2 Å². The first kappa shape index (κ1) is 12.5. The lowest BCUT2D eigenvalue weighted by Crippen LogP contribution is -2.39. The molecule has 2 rings (SSSR count). The molecule has 1 N–H and O–H groups in total. The van der Waals surface area contributed by atoms with Crippen LogP contribution in [0.15, 0.2) is 18.2 Å². The third-order valence-electron chi connectivity index (χ3n) is 3.93. The first-order valence-electron chi connectivity index (χ1n) is 6.11. The van der Waals surface area contributed by atoms with Crippen molar-refractivity contribution in [3.8, 4) is 0 Å². The van der Waals surface area contributed by atoms with Crippen LogP contribution in [0.25, 0.3) is 0 Å². The highest BCUT2D eigenvalue weighted by Crippen LogP contribution is 2.44. The van der Waals surface area contributed by atoms with Crippen molar-refractivity contribution >= 4 is 0 Å². The van der Waals surface area contributed by atoms with Gasteiger partial charge in [0.1, 0.15) is 11.6 Å². The fourth-order valence-electron chi connectivity index (χ4n) is 2.81. The summed E-state index contributed by atoms with van der Waals surface area (Å²) >= 11 is 0. The average Bonchev–Trinajstić information content (AvgIpc) is 2.22. The zero-order valence-corrected chi connectivity index (χ0v) is 10.2. The molecule has 17 heavy (non-hydrogen) atoms. The van der Waals surface area contributed by atoms with Crippen molar-refractivity contribution in [1.29, 1.82) is 0 Å². The van der Waals surface area contributed by atoms with Crippen LogP contribution in [-0.4, -0.2) is 5.11 Å². The third kappa shape index (κ3) is 2.34. The van der Waals surface area contributed by atoms with Gasteiger partial charge in [0.2, 0.25) is 0 Å². The highest BCUT2D eigenvalue weighted by molar-refractivity contribution is 5.26. The van der Waals surface area contributed by atoms with Crippen molar-refractivity contribution in [3.05, 3.63) is 35.4 Å². The molecule has 0 saturated heterocycles. The van der Waals surface area contributed by atoms with Crippen LogP contribution in [0.1, 0.15) is 38.7 Å². The fraction of sp³-hybridized carbons (Fsp3) is 0.571. The van der Waals surface area contributed by atoms with Crippen LogP contribution in [0.4, 0.5) is 8.78 Å². The highest BCUT2D eigenvalue weighted by atomic mass is 19.1. The maximum Gasteiger partial charge on any atom is 0.126 e. The Morgan fingerprint density at radius 1 is 1.12 bits per heavy atom. The normalized spacial score (nSPS) is 33.7. The molecule has 1 fully saturated rings. The number of aliphatic hydroxyl groups is 1. The molecule has 3 atom stereocenters. The van der Waals surface area contributed by atoms with Gasteiger partial charge < -0.3 is 5.11 Å². The van der Waals surface area contributed by atoms with Gasteiger partial charge in [0, 0.05) is 6.07 Å². The lowest BCUT2D eigenvalue weighted by atomic mass is 9.69. The molecule has 1 aliphatic rings. The quantitative estimate of drug-likeness (QED) is 0.795. The van der Waals surface area contributed by atoms with E-state index in [0.29, 0.717) is 17.9 Å². The van der Waals surface area contributed by atoms with E-state index in [2.05, 4.69) is 6.92 Å². The molecule has 94 valence electrons. The molecule has 1 nitrogen and oxygen atoms in total. The zero-order chi connectivity index (χ0) is 12.6. The van der Waals surface area contributed by atoms with E-state index in [0.717, 1.165) is 18.9 Å². The van der Waals surface area contributed by atoms with Crippen LogP contribution < -0.4 is 0 Å². The second-order valence-corrected chi connectivity index (χ2v) is 5.37. The first-order valence-corrected chi connectivity index (χ1v) is 6.11. The first-order chi connectivity index (χ1) is 7.91. The maximum atomic E-state index is 13.2. The molecule has 0 spiro atoms. The fourth-order valence-corrected chi connectivity index (χ4v) is 2.81. The number of hydrogen-bond acceptors (Lipinski definition) is 1. The van der Waals surface area contributed by atoms with E-state index in [1.54, 1.807) is 0 Å². The van der Waals surface area contributed by atoms with E-state index in [1.807, 2.05) is 6.92 Å². The Bertz CT molecular complexity index is 398. The Kier molecular flexibility index (Phi) is 3.21.